The molecule has 5 heteroatoms. The molecule has 0 fully saturated rings. The van der Waals surface area contributed by atoms with E-state index in [1.807, 2.05) is 43.3 Å². The summed E-state index contributed by atoms with van der Waals surface area (Å²) in [5.41, 5.74) is 2.36. The highest BCUT2D eigenvalue weighted by Crippen LogP contribution is 2.33. The molecule has 0 aromatic heterocycles. The van der Waals surface area contributed by atoms with E-state index in [-0.39, 0.29) is 12.0 Å². The van der Waals surface area contributed by atoms with Crippen molar-refractivity contribution in [1.29, 1.82) is 0 Å². The number of nitrogens with zero attached hydrogens (tertiary/aromatic N) is 1. The summed E-state index contributed by atoms with van der Waals surface area (Å²) < 4.78 is 11.7. The molecule has 27 heavy (non-hydrogen) atoms. The molecule has 1 aliphatic rings. The van der Waals surface area contributed by atoms with Crippen LogP contribution in [0, 0.1) is 0 Å². The summed E-state index contributed by atoms with van der Waals surface area (Å²) in [6, 6.07) is 15.7. The number of ether oxygens (including phenoxy) is 2. The average Bonchev–Trinajstić information content (AvgIpc) is 2.70. The lowest BCUT2D eigenvalue weighted by Crippen LogP contribution is -2.48. The normalized spacial score (nSPS) is 18.4. The van der Waals surface area contributed by atoms with Crippen LogP contribution in [-0.4, -0.2) is 36.1 Å². The first kappa shape index (κ1) is 19.2. The Morgan fingerprint density at radius 2 is 1.56 bits per heavy atom. The second-order valence-electron chi connectivity index (χ2n) is 6.76. The van der Waals surface area contributed by atoms with E-state index >= 15 is 0 Å². The van der Waals surface area contributed by atoms with Gasteiger partial charge < -0.3 is 14.8 Å². The van der Waals surface area contributed by atoms with E-state index in [2.05, 4.69) is 36.2 Å². The van der Waals surface area contributed by atoms with Gasteiger partial charge in [-0.25, -0.2) is 0 Å². The van der Waals surface area contributed by atoms with Crippen molar-refractivity contribution in [3.05, 3.63) is 59.7 Å². The second kappa shape index (κ2) is 8.91. The van der Waals surface area contributed by atoms with Crippen molar-refractivity contribution < 1.29 is 14.3 Å². The monoisotopic (exact) mass is 368 g/mol. The van der Waals surface area contributed by atoms with Crippen LogP contribution in [0.25, 0.3) is 0 Å². The Morgan fingerprint density at radius 3 is 2.22 bits per heavy atom. The van der Waals surface area contributed by atoms with Gasteiger partial charge >= 0.3 is 0 Å². The molecule has 0 saturated carbocycles. The van der Waals surface area contributed by atoms with Gasteiger partial charge in [-0.2, -0.15) is 0 Å². The Balaban J connectivity index is 1.64. The van der Waals surface area contributed by atoms with Crippen LogP contribution in [0.4, 0.5) is 0 Å². The molecule has 3 rings (SSSR count). The molecule has 0 aliphatic carbocycles. The van der Waals surface area contributed by atoms with Crippen molar-refractivity contribution in [2.24, 2.45) is 0 Å². The van der Waals surface area contributed by atoms with Gasteiger partial charge in [0.15, 0.2) is 11.5 Å². The molecule has 144 valence electrons. The number of amides is 1. The van der Waals surface area contributed by atoms with E-state index in [9.17, 15) is 4.79 Å². The summed E-state index contributed by atoms with van der Waals surface area (Å²) >= 11 is 0. The Labute approximate surface area is 161 Å². The highest BCUT2D eigenvalue weighted by Gasteiger charge is 2.33. The van der Waals surface area contributed by atoms with E-state index in [4.69, 9.17) is 9.47 Å². The van der Waals surface area contributed by atoms with Crippen molar-refractivity contribution >= 4 is 5.91 Å². The fourth-order valence-electron chi connectivity index (χ4n) is 3.26. The van der Waals surface area contributed by atoms with Crippen molar-refractivity contribution in [2.45, 2.75) is 46.1 Å². The maximum Gasteiger partial charge on any atom is 0.265 e. The predicted molar refractivity (Wildman–Crippen MR) is 106 cm³/mol. The fraction of sp³-hybridized carbons (Fsp3) is 0.409. The van der Waals surface area contributed by atoms with Gasteiger partial charge in [-0.15, -0.1) is 0 Å². The second-order valence-corrected chi connectivity index (χ2v) is 6.76. The minimum absolute atomic E-state index is 0.158. The summed E-state index contributed by atoms with van der Waals surface area (Å²) in [5.74, 6) is 1.13. The van der Waals surface area contributed by atoms with E-state index in [1.165, 1.54) is 5.56 Å². The quantitative estimate of drug-likeness (QED) is 0.814. The number of hydrogen-bond donors (Lipinski definition) is 1. The van der Waals surface area contributed by atoms with Crippen LogP contribution < -0.4 is 14.8 Å². The summed E-state index contributed by atoms with van der Waals surface area (Å²) in [6.45, 7) is 9.54. The zero-order valence-corrected chi connectivity index (χ0v) is 16.3. The molecule has 2 atom stereocenters. The first-order chi connectivity index (χ1) is 13.1. The lowest BCUT2D eigenvalue weighted by molar-refractivity contribution is -0.133. The number of hydrogen-bond acceptors (Lipinski definition) is 4. The lowest BCUT2D eigenvalue weighted by Gasteiger charge is -2.31. The topological polar surface area (TPSA) is 50.8 Å². The van der Waals surface area contributed by atoms with Gasteiger partial charge in [0.05, 0.1) is 0 Å². The molecule has 2 aromatic rings. The largest absolute Gasteiger partial charge is 0.482 e. The van der Waals surface area contributed by atoms with Gasteiger partial charge in [0, 0.05) is 13.1 Å². The molecule has 1 amide bonds. The first-order valence-corrected chi connectivity index (χ1v) is 9.61. The predicted octanol–water partition coefficient (Wildman–Crippen LogP) is 3.37. The summed E-state index contributed by atoms with van der Waals surface area (Å²) in [5, 5.41) is 3.02. The molecule has 0 radical (unpaired) electrons. The highest BCUT2D eigenvalue weighted by atomic mass is 16.6. The van der Waals surface area contributed by atoms with E-state index in [0.717, 1.165) is 25.2 Å². The number of benzene rings is 2. The number of para-hydroxylation sites is 2. The van der Waals surface area contributed by atoms with E-state index in [1.54, 1.807) is 0 Å². The Kier molecular flexibility index (Phi) is 6.35. The third-order valence-electron chi connectivity index (χ3n) is 4.96. The fourth-order valence-corrected chi connectivity index (χ4v) is 3.26. The van der Waals surface area contributed by atoms with Gasteiger partial charge in [0.2, 0.25) is 6.10 Å². The number of carbonyl (C=O) groups excluding carboxylic acids is 1. The smallest absolute Gasteiger partial charge is 0.265 e. The molecule has 2 aromatic carbocycles. The molecule has 0 saturated heterocycles. The van der Waals surface area contributed by atoms with Gasteiger partial charge in [-0.05, 0) is 43.3 Å². The zero-order chi connectivity index (χ0) is 19.2. The zero-order valence-electron chi connectivity index (χ0n) is 16.3. The van der Waals surface area contributed by atoms with Crippen molar-refractivity contribution in [3.63, 3.8) is 0 Å². The number of rotatable bonds is 7. The lowest BCUT2D eigenvalue weighted by atomic mass is 10.1. The van der Waals surface area contributed by atoms with Crippen LogP contribution in [0.15, 0.2) is 48.5 Å². The third-order valence-corrected chi connectivity index (χ3v) is 4.96. The molecule has 2 unspecified atom stereocenters. The van der Waals surface area contributed by atoms with Crippen molar-refractivity contribution in [2.75, 3.05) is 13.1 Å². The average molecular weight is 368 g/mol. The molecular formula is C22H28N2O3. The maximum absolute atomic E-state index is 12.7. The first-order valence-electron chi connectivity index (χ1n) is 9.61. The van der Waals surface area contributed by atoms with Gasteiger partial charge in [-0.3, -0.25) is 9.69 Å². The minimum atomic E-state index is -0.658. The van der Waals surface area contributed by atoms with Gasteiger partial charge in [0.25, 0.3) is 5.91 Å². The highest BCUT2D eigenvalue weighted by molar-refractivity contribution is 5.82. The number of fused-ring (bicyclic) bond motifs is 1. The van der Waals surface area contributed by atoms with Crippen molar-refractivity contribution in [1.82, 2.24) is 10.2 Å². The van der Waals surface area contributed by atoms with Crippen LogP contribution in [0.3, 0.4) is 0 Å². The van der Waals surface area contributed by atoms with Crippen LogP contribution in [0.5, 0.6) is 11.5 Å². The van der Waals surface area contributed by atoms with E-state index in [0.29, 0.717) is 18.0 Å². The standard InChI is InChI=1S/C22H28N2O3/c1-4-24(5-2)15-18-11-7-6-10-17(18)14-23-22(25)21-16(3)26-19-12-8-9-13-20(19)27-21/h6-13,16,21H,4-5,14-15H2,1-3H3,(H,23,25). The molecule has 1 N–H and O–H groups in total. The summed E-state index contributed by atoms with van der Waals surface area (Å²) in [4.78, 5) is 15.1. The minimum Gasteiger partial charge on any atom is -0.482 e. The Hall–Kier alpha value is -2.53. The Bertz CT molecular complexity index is 774. The third kappa shape index (κ3) is 4.61. The molecule has 0 spiro atoms. The van der Waals surface area contributed by atoms with Crippen molar-refractivity contribution in [3.8, 4) is 11.5 Å². The van der Waals surface area contributed by atoms with E-state index < -0.39 is 6.10 Å². The van der Waals surface area contributed by atoms with Gasteiger partial charge in [0.1, 0.15) is 6.10 Å². The summed E-state index contributed by atoms with van der Waals surface area (Å²) in [6.07, 6.45) is -0.999. The molecule has 5 nitrogen and oxygen atoms in total. The number of carbonyl (C=O) groups is 1. The Morgan fingerprint density at radius 1 is 0.963 bits per heavy atom. The number of nitrogens with one attached hydrogen (secondary N) is 1. The SMILES string of the molecule is CCN(CC)Cc1ccccc1CNC(=O)C1Oc2ccccc2OC1C. The van der Waals surface area contributed by atoms with Crippen LogP contribution >= 0.6 is 0 Å². The molecule has 1 heterocycles. The van der Waals surface area contributed by atoms with Crippen LogP contribution in [0.1, 0.15) is 31.9 Å². The van der Waals surface area contributed by atoms with Gasteiger partial charge in [-0.1, -0.05) is 50.2 Å². The molecule has 1 aliphatic heterocycles. The summed E-state index contributed by atoms with van der Waals surface area (Å²) in [7, 11) is 0. The molecule has 0 bridgehead atoms. The molecular weight excluding hydrogens is 340 g/mol. The maximum atomic E-state index is 12.7. The van der Waals surface area contributed by atoms with Crippen LogP contribution in [0.2, 0.25) is 0 Å². The van der Waals surface area contributed by atoms with Crippen LogP contribution in [-0.2, 0) is 17.9 Å².